The summed E-state index contributed by atoms with van der Waals surface area (Å²) in [7, 11) is 0. The third-order valence-corrected chi connectivity index (χ3v) is 2.01. The van der Waals surface area contributed by atoms with Gasteiger partial charge >= 0.3 is 0 Å². The number of hydrogen-bond donors (Lipinski definition) is 1. The van der Waals surface area contributed by atoms with Gasteiger partial charge in [0.25, 0.3) is 0 Å². The van der Waals surface area contributed by atoms with Gasteiger partial charge in [0.15, 0.2) is 12.2 Å². The normalized spacial score (nSPS) is 9.88. The zero-order valence-corrected chi connectivity index (χ0v) is 9.27. The second-order valence-electron chi connectivity index (χ2n) is 3.61. The Hall–Kier alpha value is -2.10. The van der Waals surface area contributed by atoms with Gasteiger partial charge in [-0.3, -0.25) is 5.43 Å². The number of nitrogens with zero attached hydrogens (tertiary/aromatic N) is 2. The number of oxazole rings is 1. The first-order valence-electron chi connectivity index (χ1n) is 5.01. The average Bonchev–Trinajstić information content (AvgIpc) is 2.80. The second kappa shape index (κ2) is 4.61. The van der Waals surface area contributed by atoms with E-state index in [1.807, 2.05) is 38.1 Å². The minimum Gasteiger partial charge on any atom is -0.444 e. The molecule has 1 aromatic carbocycles. The van der Waals surface area contributed by atoms with Crippen molar-refractivity contribution in [3.63, 3.8) is 0 Å². The summed E-state index contributed by atoms with van der Waals surface area (Å²) in [6.07, 6.45) is 3.11. The Morgan fingerprint density at radius 3 is 2.56 bits per heavy atom. The molecule has 0 saturated carbocycles. The van der Waals surface area contributed by atoms with Crippen LogP contribution < -0.4 is 5.43 Å². The number of aromatic nitrogens is 1. The summed E-state index contributed by atoms with van der Waals surface area (Å²) in [6.45, 7) is 3.88. The Balaban J connectivity index is 2.14. The van der Waals surface area contributed by atoms with E-state index in [0.717, 1.165) is 22.7 Å². The summed E-state index contributed by atoms with van der Waals surface area (Å²) in [5.74, 6) is 0.765. The number of hydrogen-bond acceptors (Lipinski definition) is 4. The quantitative estimate of drug-likeness (QED) is 0.632. The van der Waals surface area contributed by atoms with Crippen LogP contribution in [0.4, 0.5) is 5.69 Å². The Kier molecular flexibility index (Phi) is 3.00. The van der Waals surface area contributed by atoms with Crippen LogP contribution in [0.2, 0.25) is 0 Å². The molecule has 4 heteroatoms. The van der Waals surface area contributed by atoms with E-state index < -0.39 is 0 Å². The van der Waals surface area contributed by atoms with Crippen molar-refractivity contribution >= 4 is 11.4 Å². The molecule has 0 atom stereocenters. The number of hydrazone groups is 1. The molecule has 1 aromatic heterocycles. The van der Waals surface area contributed by atoms with Crippen molar-refractivity contribution in [2.24, 2.45) is 5.10 Å². The average molecular weight is 215 g/mol. The molecule has 82 valence electrons. The van der Waals surface area contributed by atoms with Crippen LogP contribution in [0.1, 0.15) is 13.8 Å². The van der Waals surface area contributed by atoms with Gasteiger partial charge in [-0.2, -0.15) is 5.10 Å². The monoisotopic (exact) mass is 215 g/mol. The summed E-state index contributed by atoms with van der Waals surface area (Å²) in [4.78, 5) is 3.88. The fourth-order valence-electron chi connectivity index (χ4n) is 1.24. The number of nitrogens with one attached hydrogen (secondary N) is 1. The molecular weight excluding hydrogens is 202 g/mol. The first-order chi connectivity index (χ1) is 7.75. The molecule has 0 aliphatic carbocycles. The maximum absolute atomic E-state index is 5.20. The first kappa shape index (κ1) is 10.4. The van der Waals surface area contributed by atoms with Gasteiger partial charge in [0.1, 0.15) is 0 Å². The molecule has 1 heterocycles. The van der Waals surface area contributed by atoms with Gasteiger partial charge in [0.2, 0.25) is 0 Å². The molecule has 0 radical (unpaired) electrons. The van der Waals surface area contributed by atoms with E-state index in [1.54, 1.807) is 6.20 Å². The predicted octanol–water partition coefficient (Wildman–Crippen LogP) is 3.15. The van der Waals surface area contributed by atoms with Gasteiger partial charge in [0, 0.05) is 11.3 Å². The van der Waals surface area contributed by atoms with Crippen LogP contribution in [0.15, 0.2) is 46.4 Å². The summed E-state index contributed by atoms with van der Waals surface area (Å²) < 4.78 is 5.20. The third-order valence-electron chi connectivity index (χ3n) is 2.01. The maximum atomic E-state index is 5.20. The largest absolute Gasteiger partial charge is 0.444 e. The van der Waals surface area contributed by atoms with Crippen LogP contribution in [0.3, 0.4) is 0 Å². The molecular formula is C12H13N3O. The van der Waals surface area contributed by atoms with Crippen molar-refractivity contribution in [2.45, 2.75) is 13.8 Å². The molecule has 0 aliphatic rings. The van der Waals surface area contributed by atoms with Crippen molar-refractivity contribution in [1.29, 1.82) is 0 Å². The molecule has 0 amide bonds. The highest BCUT2D eigenvalue weighted by Crippen LogP contribution is 2.20. The third kappa shape index (κ3) is 2.48. The fourth-order valence-corrected chi connectivity index (χ4v) is 1.24. The smallest absolute Gasteiger partial charge is 0.181 e. The SMILES string of the molecule is CC(C)=NNc1ccc(-c2cnco2)cc1. The molecule has 0 bridgehead atoms. The van der Waals surface area contributed by atoms with Crippen molar-refractivity contribution < 1.29 is 4.42 Å². The van der Waals surface area contributed by atoms with E-state index in [2.05, 4.69) is 15.5 Å². The molecule has 0 fully saturated rings. The molecule has 0 unspecified atom stereocenters. The van der Waals surface area contributed by atoms with E-state index in [-0.39, 0.29) is 0 Å². The van der Waals surface area contributed by atoms with Gasteiger partial charge in [-0.15, -0.1) is 0 Å². The van der Waals surface area contributed by atoms with E-state index in [9.17, 15) is 0 Å². The standard InChI is InChI=1S/C12H13N3O/c1-9(2)14-15-11-5-3-10(4-6-11)12-7-13-8-16-12/h3-8,15H,1-2H3. The van der Waals surface area contributed by atoms with E-state index in [0.29, 0.717) is 0 Å². The van der Waals surface area contributed by atoms with E-state index >= 15 is 0 Å². The lowest BCUT2D eigenvalue weighted by Gasteiger charge is -2.01. The lowest BCUT2D eigenvalue weighted by molar-refractivity contribution is 0.572. The number of anilines is 1. The Labute approximate surface area is 94.0 Å². The molecule has 16 heavy (non-hydrogen) atoms. The fraction of sp³-hybridized carbons (Fsp3) is 0.167. The molecule has 1 N–H and O–H groups in total. The zero-order valence-electron chi connectivity index (χ0n) is 9.27. The number of rotatable bonds is 3. The lowest BCUT2D eigenvalue weighted by Crippen LogP contribution is -1.92. The highest BCUT2D eigenvalue weighted by Gasteiger charge is 2.00. The van der Waals surface area contributed by atoms with Crippen LogP contribution in [-0.2, 0) is 0 Å². The molecule has 2 rings (SSSR count). The van der Waals surface area contributed by atoms with E-state index in [4.69, 9.17) is 4.42 Å². The van der Waals surface area contributed by atoms with Gasteiger partial charge in [-0.25, -0.2) is 4.98 Å². The van der Waals surface area contributed by atoms with Gasteiger partial charge in [0.05, 0.1) is 11.9 Å². The van der Waals surface area contributed by atoms with Gasteiger partial charge in [-0.05, 0) is 38.1 Å². The topological polar surface area (TPSA) is 50.4 Å². The highest BCUT2D eigenvalue weighted by molar-refractivity contribution is 5.79. The van der Waals surface area contributed by atoms with Crippen LogP contribution in [0.5, 0.6) is 0 Å². The number of benzene rings is 1. The summed E-state index contributed by atoms with van der Waals surface area (Å²) >= 11 is 0. The zero-order chi connectivity index (χ0) is 11.4. The van der Waals surface area contributed by atoms with Gasteiger partial charge < -0.3 is 4.42 Å². The van der Waals surface area contributed by atoms with E-state index in [1.165, 1.54) is 6.39 Å². The van der Waals surface area contributed by atoms with Crippen LogP contribution in [0, 0.1) is 0 Å². The second-order valence-corrected chi connectivity index (χ2v) is 3.61. The van der Waals surface area contributed by atoms with Crippen LogP contribution >= 0.6 is 0 Å². The summed E-state index contributed by atoms with van der Waals surface area (Å²) in [5.41, 5.74) is 5.89. The van der Waals surface area contributed by atoms with Gasteiger partial charge in [-0.1, -0.05) is 0 Å². The Bertz CT molecular complexity index is 467. The maximum Gasteiger partial charge on any atom is 0.181 e. The van der Waals surface area contributed by atoms with Crippen molar-refractivity contribution in [1.82, 2.24) is 4.98 Å². The lowest BCUT2D eigenvalue weighted by atomic mass is 10.2. The summed E-state index contributed by atoms with van der Waals surface area (Å²) in [5, 5.41) is 4.12. The highest BCUT2D eigenvalue weighted by atomic mass is 16.3. The van der Waals surface area contributed by atoms with Crippen molar-refractivity contribution in [3.05, 3.63) is 36.9 Å². The molecule has 4 nitrogen and oxygen atoms in total. The molecule has 0 aliphatic heterocycles. The van der Waals surface area contributed by atoms with Crippen LogP contribution in [0.25, 0.3) is 11.3 Å². The first-order valence-corrected chi connectivity index (χ1v) is 5.01. The molecule has 2 aromatic rings. The van der Waals surface area contributed by atoms with Crippen LogP contribution in [-0.4, -0.2) is 10.7 Å². The molecule has 0 saturated heterocycles. The minimum absolute atomic E-state index is 0.765. The van der Waals surface area contributed by atoms with Crippen molar-refractivity contribution in [2.75, 3.05) is 5.43 Å². The Morgan fingerprint density at radius 1 is 1.25 bits per heavy atom. The summed E-state index contributed by atoms with van der Waals surface area (Å²) in [6, 6.07) is 7.82. The molecule has 0 spiro atoms. The van der Waals surface area contributed by atoms with Crippen molar-refractivity contribution in [3.8, 4) is 11.3 Å². The minimum atomic E-state index is 0.765. The predicted molar refractivity (Wildman–Crippen MR) is 64.3 cm³/mol. The Morgan fingerprint density at radius 2 is 2.00 bits per heavy atom.